The van der Waals surface area contributed by atoms with Gasteiger partial charge >= 0.3 is 6.18 Å². The molecule has 1 aliphatic heterocycles. The van der Waals surface area contributed by atoms with Crippen LogP contribution in [0.1, 0.15) is 30.9 Å². The molecular weight excluding hydrogens is 347 g/mol. The first-order valence-corrected chi connectivity index (χ1v) is 8.20. The fourth-order valence-electron chi connectivity index (χ4n) is 2.60. The Kier molecular flexibility index (Phi) is 5.54. The zero-order valence-corrected chi connectivity index (χ0v) is 13.5. The van der Waals surface area contributed by atoms with Gasteiger partial charge in [0, 0.05) is 30.7 Å². The number of ether oxygens (including phenoxy) is 1. The molecule has 0 spiro atoms. The number of anilines is 1. The van der Waals surface area contributed by atoms with Gasteiger partial charge in [0.05, 0.1) is 11.7 Å². The van der Waals surface area contributed by atoms with E-state index in [0.29, 0.717) is 30.6 Å². The second-order valence-electron chi connectivity index (χ2n) is 5.16. The van der Waals surface area contributed by atoms with Gasteiger partial charge in [0.15, 0.2) is 0 Å². The number of nitrogens with zero attached hydrogens (tertiary/aromatic N) is 1. The number of hydrogen-bond donors (Lipinski definition) is 0. The summed E-state index contributed by atoms with van der Waals surface area (Å²) in [6.45, 7) is 3.61. The summed E-state index contributed by atoms with van der Waals surface area (Å²) in [5, 5.41) is 0.411. The number of halogens is 4. The summed E-state index contributed by atoms with van der Waals surface area (Å²) in [6.07, 6.45) is -2.42. The van der Waals surface area contributed by atoms with E-state index in [-0.39, 0.29) is 11.8 Å². The molecule has 1 atom stereocenters. The van der Waals surface area contributed by atoms with E-state index >= 15 is 0 Å². The highest BCUT2D eigenvalue weighted by Gasteiger charge is 2.35. The molecule has 0 radical (unpaired) electrons. The maximum atomic E-state index is 13.3. The van der Waals surface area contributed by atoms with Gasteiger partial charge in [-0.2, -0.15) is 13.2 Å². The highest BCUT2D eigenvalue weighted by atomic mass is 79.9. The van der Waals surface area contributed by atoms with Gasteiger partial charge in [-0.15, -0.1) is 0 Å². The molecule has 1 aliphatic rings. The molecule has 21 heavy (non-hydrogen) atoms. The molecular formula is C15H19BrF3NO. The van der Waals surface area contributed by atoms with Crippen molar-refractivity contribution in [3.8, 4) is 0 Å². The van der Waals surface area contributed by atoms with Gasteiger partial charge < -0.3 is 9.64 Å². The zero-order chi connectivity index (χ0) is 15.5. The fraction of sp³-hybridized carbons (Fsp3) is 0.600. The minimum absolute atomic E-state index is 0.0295. The molecule has 6 heteroatoms. The highest BCUT2D eigenvalue weighted by molar-refractivity contribution is 9.08. The van der Waals surface area contributed by atoms with Gasteiger partial charge in [-0.05, 0) is 37.5 Å². The maximum Gasteiger partial charge on any atom is 0.418 e. The third-order valence-corrected chi connectivity index (χ3v) is 4.34. The topological polar surface area (TPSA) is 12.5 Å². The van der Waals surface area contributed by atoms with E-state index in [4.69, 9.17) is 4.74 Å². The van der Waals surface area contributed by atoms with Crippen molar-refractivity contribution in [2.75, 3.05) is 24.6 Å². The first-order valence-electron chi connectivity index (χ1n) is 7.08. The van der Waals surface area contributed by atoms with E-state index in [1.54, 1.807) is 17.0 Å². The first kappa shape index (κ1) is 16.6. The number of likely N-dealkylation sites (N-methyl/N-ethyl adjacent to an activating group) is 1. The van der Waals surface area contributed by atoms with Crippen LogP contribution in [0.4, 0.5) is 18.9 Å². The van der Waals surface area contributed by atoms with E-state index in [1.165, 1.54) is 6.07 Å². The summed E-state index contributed by atoms with van der Waals surface area (Å²) in [4.78, 5) is 1.76. The molecule has 1 saturated heterocycles. The lowest BCUT2D eigenvalue weighted by atomic mass is 10.1. The first-order chi connectivity index (χ1) is 9.95. The molecule has 1 heterocycles. The smallest absolute Gasteiger partial charge is 0.376 e. The van der Waals surface area contributed by atoms with Crippen LogP contribution in [0.3, 0.4) is 0 Å². The van der Waals surface area contributed by atoms with Crippen LogP contribution >= 0.6 is 15.9 Å². The van der Waals surface area contributed by atoms with Gasteiger partial charge in [0.2, 0.25) is 0 Å². The molecule has 2 rings (SSSR count). The van der Waals surface area contributed by atoms with Crippen molar-refractivity contribution in [2.45, 2.75) is 37.4 Å². The van der Waals surface area contributed by atoms with Gasteiger partial charge in [-0.3, -0.25) is 0 Å². The average molecular weight is 366 g/mol. The number of hydrogen-bond acceptors (Lipinski definition) is 2. The Balaban J connectivity index is 2.30. The van der Waals surface area contributed by atoms with E-state index in [2.05, 4.69) is 15.9 Å². The van der Waals surface area contributed by atoms with Crippen LogP contribution in [-0.4, -0.2) is 25.8 Å². The fourth-order valence-corrected chi connectivity index (χ4v) is 2.95. The Labute approximate surface area is 131 Å². The van der Waals surface area contributed by atoms with Crippen molar-refractivity contribution < 1.29 is 17.9 Å². The lowest BCUT2D eigenvalue weighted by Crippen LogP contribution is -2.33. The normalized spacial score (nSPS) is 19.0. The summed E-state index contributed by atoms with van der Waals surface area (Å²) in [6, 6.07) is 4.53. The van der Waals surface area contributed by atoms with E-state index < -0.39 is 11.7 Å². The molecule has 1 unspecified atom stereocenters. The summed E-state index contributed by atoms with van der Waals surface area (Å²) in [7, 11) is 0. The molecule has 1 aromatic carbocycles. The molecule has 0 saturated carbocycles. The van der Waals surface area contributed by atoms with Crippen LogP contribution < -0.4 is 4.90 Å². The van der Waals surface area contributed by atoms with Crippen LogP contribution in [0.5, 0.6) is 0 Å². The number of alkyl halides is 4. The minimum atomic E-state index is -4.35. The molecule has 0 N–H and O–H groups in total. The van der Waals surface area contributed by atoms with Crippen molar-refractivity contribution in [1.29, 1.82) is 0 Å². The summed E-state index contributed by atoms with van der Waals surface area (Å²) in [5.41, 5.74) is 0.295. The minimum Gasteiger partial charge on any atom is -0.376 e. The number of benzene rings is 1. The SMILES string of the molecule is CCN(CC1CCCO1)c1ccc(CBr)cc1C(F)(F)F. The third kappa shape index (κ3) is 4.13. The van der Waals surface area contributed by atoms with Crippen LogP contribution in [-0.2, 0) is 16.2 Å². The van der Waals surface area contributed by atoms with Crippen molar-refractivity contribution in [1.82, 2.24) is 0 Å². The Morgan fingerprint density at radius 1 is 1.38 bits per heavy atom. The van der Waals surface area contributed by atoms with Gasteiger partial charge in [0.1, 0.15) is 0 Å². The lowest BCUT2D eigenvalue weighted by Gasteiger charge is -2.29. The van der Waals surface area contributed by atoms with Crippen molar-refractivity contribution in [2.24, 2.45) is 0 Å². The van der Waals surface area contributed by atoms with Crippen LogP contribution in [0.15, 0.2) is 18.2 Å². The summed E-state index contributed by atoms with van der Waals surface area (Å²) >= 11 is 3.21. The average Bonchev–Trinajstić information content (AvgIpc) is 2.96. The van der Waals surface area contributed by atoms with E-state index in [1.807, 2.05) is 6.92 Å². The van der Waals surface area contributed by atoms with E-state index in [0.717, 1.165) is 12.8 Å². The summed E-state index contributed by atoms with van der Waals surface area (Å²) < 4.78 is 45.5. The second-order valence-corrected chi connectivity index (χ2v) is 5.72. The predicted octanol–water partition coefficient (Wildman–Crippen LogP) is 4.61. The lowest BCUT2D eigenvalue weighted by molar-refractivity contribution is -0.137. The van der Waals surface area contributed by atoms with Crippen LogP contribution in [0.25, 0.3) is 0 Å². The van der Waals surface area contributed by atoms with Crippen molar-refractivity contribution in [3.05, 3.63) is 29.3 Å². The molecule has 0 bridgehead atoms. The standard InChI is InChI=1S/C15H19BrF3NO/c1-2-20(10-12-4-3-7-21-12)14-6-5-11(9-16)8-13(14)15(17,18)19/h5-6,8,12H,2-4,7,9-10H2,1H3. The summed E-state index contributed by atoms with van der Waals surface area (Å²) in [5.74, 6) is 0. The Bertz CT molecular complexity index is 472. The van der Waals surface area contributed by atoms with Crippen LogP contribution in [0.2, 0.25) is 0 Å². The molecule has 0 amide bonds. The van der Waals surface area contributed by atoms with Crippen LogP contribution in [0, 0.1) is 0 Å². The largest absolute Gasteiger partial charge is 0.418 e. The molecule has 1 fully saturated rings. The van der Waals surface area contributed by atoms with E-state index in [9.17, 15) is 13.2 Å². The number of rotatable bonds is 5. The van der Waals surface area contributed by atoms with Gasteiger partial charge in [-0.1, -0.05) is 22.0 Å². The van der Waals surface area contributed by atoms with Gasteiger partial charge in [-0.25, -0.2) is 0 Å². The molecule has 118 valence electrons. The Morgan fingerprint density at radius 3 is 2.67 bits per heavy atom. The highest BCUT2D eigenvalue weighted by Crippen LogP contribution is 2.38. The Hall–Kier alpha value is -0.750. The predicted molar refractivity (Wildman–Crippen MR) is 80.9 cm³/mol. The quantitative estimate of drug-likeness (QED) is 0.706. The Morgan fingerprint density at radius 2 is 2.14 bits per heavy atom. The monoisotopic (exact) mass is 365 g/mol. The maximum absolute atomic E-state index is 13.3. The third-order valence-electron chi connectivity index (χ3n) is 3.69. The van der Waals surface area contributed by atoms with Crippen molar-refractivity contribution in [3.63, 3.8) is 0 Å². The van der Waals surface area contributed by atoms with Gasteiger partial charge in [0.25, 0.3) is 0 Å². The molecule has 1 aromatic rings. The molecule has 0 aromatic heterocycles. The zero-order valence-electron chi connectivity index (χ0n) is 11.9. The molecule has 0 aliphatic carbocycles. The van der Waals surface area contributed by atoms with Crippen molar-refractivity contribution >= 4 is 21.6 Å². The second kappa shape index (κ2) is 7.01. The molecule has 2 nitrogen and oxygen atoms in total.